The Morgan fingerprint density at radius 1 is 1.29 bits per heavy atom. The number of imide groups is 2. The van der Waals surface area contributed by atoms with Crippen LogP contribution in [0.25, 0.3) is 0 Å². The molecule has 2 aliphatic rings. The molecule has 0 spiro atoms. The lowest BCUT2D eigenvalue weighted by molar-refractivity contribution is -0.152. The Labute approximate surface area is 101 Å². The second-order valence-corrected chi connectivity index (χ2v) is 5.00. The first kappa shape index (κ1) is 12.1. The fraction of sp³-hybridized carbons (Fsp3) is 0.750. The molecule has 0 aromatic carbocycles. The predicted molar refractivity (Wildman–Crippen MR) is 61.0 cm³/mol. The van der Waals surface area contributed by atoms with Crippen LogP contribution in [0.2, 0.25) is 0 Å². The smallest absolute Gasteiger partial charge is 0.277 e. The number of nitrogens with zero attached hydrogens (tertiary/aromatic N) is 1. The molecular formula is C12H18N2O3. The maximum absolute atomic E-state index is 12.4. The Kier molecular flexibility index (Phi) is 2.72. The summed E-state index contributed by atoms with van der Waals surface area (Å²) in [6.07, 6.45) is 1.70. The standard InChI is InChI=1S/C12H18N2O3/c1-4-12(5-2)9(15)13-11(17)14(10(12)16)8-6-7(8)3/h7-8H,4-6H2,1-3H3,(H,13,15,17). The minimum Gasteiger partial charge on any atom is -0.277 e. The molecule has 17 heavy (non-hydrogen) atoms. The van der Waals surface area contributed by atoms with Gasteiger partial charge in [-0.25, -0.2) is 4.79 Å². The summed E-state index contributed by atoms with van der Waals surface area (Å²) in [5.74, 6) is -0.406. The van der Waals surface area contributed by atoms with Crippen molar-refractivity contribution in [2.75, 3.05) is 0 Å². The molecule has 5 heteroatoms. The molecule has 1 saturated heterocycles. The molecule has 5 nitrogen and oxygen atoms in total. The van der Waals surface area contributed by atoms with Gasteiger partial charge in [-0.05, 0) is 25.2 Å². The van der Waals surface area contributed by atoms with E-state index in [2.05, 4.69) is 5.32 Å². The van der Waals surface area contributed by atoms with E-state index in [0.29, 0.717) is 18.8 Å². The van der Waals surface area contributed by atoms with E-state index in [-0.39, 0.29) is 11.9 Å². The average molecular weight is 238 g/mol. The molecule has 0 aromatic rings. The van der Waals surface area contributed by atoms with E-state index in [1.165, 1.54) is 4.90 Å². The molecule has 2 atom stereocenters. The van der Waals surface area contributed by atoms with Crippen molar-refractivity contribution in [1.29, 1.82) is 0 Å². The molecule has 0 bridgehead atoms. The normalized spacial score (nSPS) is 31.5. The highest BCUT2D eigenvalue weighted by molar-refractivity contribution is 6.19. The van der Waals surface area contributed by atoms with Crippen LogP contribution in [0.5, 0.6) is 0 Å². The van der Waals surface area contributed by atoms with Crippen molar-refractivity contribution in [2.24, 2.45) is 11.3 Å². The number of rotatable bonds is 3. The number of carbonyl (C=O) groups is 3. The summed E-state index contributed by atoms with van der Waals surface area (Å²) in [5, 5.41) is 2.32. The molecule has 94 valence electrons. The van der Waals surface area contributed by atoms with Crippen molar-refractivity contribution in [3.63, 3.8) is 0 Å². The molecule has 1 saturated carbocycles. The third kappa shape index (κ3) is 1.56. The monoisotopic (exact) mass is 238 g/mol. The second kappa shape index (κ2) is 3.82. The lowest BCUT2D eigenvalue weighted by Crippen LogP contribution is -2.64. The van der Waals surface area contributed by atoms with Gasteiger partial charge in [0.2, 0.25) is 11.8 Å². The molecule has 2 rings (SSSR count). The summed E-state index contributed by atoms with van der Waals surface area (Å²) < 4.78 is 0. The van der Waals surface area contributed by atoms with Gasteiger partial charge >= 0.3 is 6.03 Å². The van der Waals surface area contributed by atoms with Crippen LogP contribution in [-0.2, 0) is 9.59 Å². The lowest BCUT2D eigenvalue weighted by atomic mass is 9.78. The number of urea groups is 1. The maximum Gasteiger partial charge on any atom is 0.331 e. The molecule has 1 aliphatic carbocycles. The molecule has 0 aromatic heterocycles. The average Bonchev–Trinajstić information content (AvgIpc) is 2.97. The fourth-order valence-corrected chi connectivity index (χ4v) is 2.53. The van der Waals surface area contributed by atoms with E-state index in [0.717, 1.165) is 6.42 Å². The van der Waals surface area contributed by atoms with Gasteiger partial charge in [0.15, 0.2) is 0 Å². The summed E-state index contributed by atoms with van der Waals surface area (Å²) in [7, 11) is 0. The van der Waals surface area contributed by atoms with Crippen LogP contribution in [0.3, 0.4) is 0 Å². The highest BCUT2D eigenvalue weighted by Gasteiger charge is 2.56. The summed E-state index contributed by atoms with van der Waals surface area (Å²) in [5.41, 5.74) is -1.05. The van der Waals surface area contributed by atoms with Crippen molar-refractivity contribution in [1.82, 2.24) is 10.2 Å². The highest BCUT2D eigenvalue weighted by Crippen LogP contribution is 2.41. The topological polar surface area (TPSA) is 66.5 Å². The van der Waals surface area contributed by atoms with E-state index in [1.807, 2.05) is 20.8 Å². The van der Waals surface area contributed by atoms with Crippen LogP contribution >= 0.6 is 0 Å². The molecule has 1 heterocycles. The molecule has 2 unspecified atom stereocenters. The SMILES string of the molecule is CCC1(CC)C(=O)NC(=O)N(C2CC2C)C1=O. The second-order valence-electron chi connectivity index (χ2n) is 5.00. The number of hydrogen-bond acceptors (Lipinski definition) is 3. The van der Waals surface area contributed by atoms with Crippen molar-refractivity contribution < 1.29 is 14.4 Å². The largest absolute Gasteiger partial charge is 0.331 e. The van der Waals surface area contributed by atoms with Gasteiger partial charge in [-0.3, -0.25) is 19.8 Å². The van der Waals surface area contributed by atoms with Gasteiger partial charge in [-0.15, -0.1) is 0 Å². The van der Waals surface area contributed by atoms with Crippen LogP contribution in [0.15, 0.2) is 0 Å². The van der Waals surface area contributed by atoms with Gasteiger partial charge in [0.25, 0.3) is 0 Å². The minimum absolute atomic E-state index is 0.0203. The maximum atomic E-state index is 12.4. The van der Waals surface area contributed by atoms with Gasteiger partial charge in [-0.1, -0.05) is 20.8 Å². The van der Waals surface area contributed by atoms with Crippen molar-refractivity contribution in [3.8, 4) is 0 Å². The number of hydrogen-bond donors (Lipinski definition) is 1. The van der Waals surface area contributed by atoms with Crippen LogP contribution in [0.4, 0.5) is 4.79 Å². The van der Waals surface area contributed by atoms with Crippen LogP contribution < -0.4 is 5.32 Å². The first-order chi connectivity index (χ1) is 7.97. The summed E-state index contributed by atoms with van der Waals surface area (Å²) in [4.78, 5) is 37.3. The van der Waals surface area contributed by atoms with Crippen LogP contribution in [-0.4, -0.2) is 28.8 Å². The van der Waals surface area contributed by atoms with Gasteiger partial charge in [0.1, 0.15) is 5.41 Å². The minimum atomic E-state index is -1.05. The quantitative estimate of drug-likeness (QED) is 0.753. The highest BCUT2D eigenvalue weighted by atomic mass is 16.2. The zero-order valence-corrected chi connectivity index (χ0v) is 10.4. The number of barbiturate groups is 1. The Balaban J connectivity index is 2.33. The number of carbonyl (C=O) groups excluding carboxylic acids is 3. The third-order valence-electron chi connectivity index (χ3n) is 4.11. The van der Waals surface area contributed by atoms with E-state index < -0.39 is 17.4 Å². The summed E-state index contributed by atoms with van der Waals surface area (Å²) in [6, 6.07) is -0.569. The zero-order chi connectivity index (χ0) is 12.8. The van der Waals surface area contributed by atoms with E-state index in [1.54, 1.807) is 0 Å². The van der Waals surface area contributed by atoms with Gasteiger partial charge in [-0.2, -0.15) is 0 Å². The molecular weight excluding hydrogens is 220 g/mol. The molecule has 2 fully saturated rings. The van der Waals surface area contributed by atoms with Gasteiger partial charge < -0.3 is 0 Å². The summed E-state index contributed by atoms with van der Waals surface area (Å²) >= 11 is 0. The third-order valence-corrected chi connectivity index (χ3v) is 4.11. The Bertz CT molecular complexity index is 387. The summed E-state index contributed by atoms with van der Waals surface area (Å²) in [6.45, 7) is 5.62. The van der Waals surface area contributed by atoms with E-state index >= 15 is 0 Å². The number of amides is 4. The van der Waals surface area contributed by atoms with E-state index in [9.17, 15) is 14.4 Å². The lowest BCUT2D eigenvalue weighted by Gasteiger charge is -2.38. The van der Waals surface area contributed by atoms with Gasteiger partial charge in [0.05, 0.1) is 0 Å². The van der Waals surface area contributed by atoms with Crippen LogP contribution in [0, 0.1) is 11.3 Å². The molecule has 1 aliphatic heterocycles. The van der Waals surface area contributed by atoms with Crippen molar-refractivity contribution in [3.05, 3.63) is 0 Å². The molecule has 4 amide bonds. The number of nitrogens with one attached hydrogen (secondary N) is 1. The zero-order valence-electron chi connectivity index (χ0n) is 10.4. The Hall–Kier alpha value is -1.39. The van der Waals surface area contributed by atoms with Gasteiger partial charge in [0, 0.05) is 6.04 Å². The predicted octanol–water partition coefficient (Wildman–Crippen LogP) is 1.28. The van der Waals surface area contributed by atoms with Crippen molar-refractivity contribution >= 4 is 17.8 Å². The molecule has 1 N–H and O–H groups in total. The molecule has 0 radical (unpaired) electrons. The van der Waals surface area contributed by atoms with E-state index in [4.69, 9.17) is 0 Å². The first-order valence-corrected chi connectivity index (χ1v) is 6.17. The van der Waals surface area contributed by atoms with Crippen molar-refractivity contribution in [2.45, 2.75) is 46.1 Å². The van der Waals surface area contributed by atoms with Crippen LogP contribution in [0.1, 0.15) is 40.0 Å². The first-order valence-electron chi connectivity index (χ1n) is 6.17. The Morgan fingerprint density at radius 3 is 2.24 bits per heavy atom. The Morgan fingerprint density at radius 2 is 1.82 bits per heavy atom. The fourth-order valence-electron chi connectivity index (χ4n) is 2.53.